The molecule has 136 valence electrons. The van der Waals surface area contributed by atoms with Crippen molar-refractivity contribution in [3.63, 3.8) is 0 Å². The Balaban J connectivity index is 1.65. The number of aryl methyl sites for hydroxylation is 1. The van der Waals surface area contributed by atoms with Crippen LogP contribution in [0, 0.1) is 25.7 Å². The highest BCUT2D eigenvalue weighted by Crippen LogP contribution is 2.40. The molecule has 2 aliphatic rings. The van der Waals surface area contributed by atoms with Crippen molar-refractivity contribution in [1.29, 1.82) is 0 Å². The molecule has 0 spiro atoms. The fourth-order valence-corrected chi connectivity index (χ4v) is 5.81. The average molecular weight is 372 g/mol. The maximum atomic E-state index is 12.8. The Morgan fingerprint density at radius 1 is 1.15 bits per heavy atom. The quantitative estimate of drug-likeness (QED) is 0.827. The molecule has 26 heavy (non-hydrogen) atoms. The lowest BCUT2D eigenvalue weighted by atomic mass is 10.0. The minimum atomic E-state index is -3.11. The van der Waals surface area contributed by atoms with Crippen LogP contribution in [0.15, 0.2) is 36.5 Å². The number of rotatable bonds is 3. The first-order valence-corrected chi connectivity index (χ1v) is 10.4. The van der Waals surface area contributed by atoms with Gasteiger partial charge in [-0.05, 0) is 43.2 Å². The summed E-state index contributed by atoms with van der Waals surface area (Å²) in [6, 6.07) is 9.34. The van der Waals surface area contributed by atoms with Gasteiger partial charge in [0.05, 0.1) is 17.4 Å². The van der Waals surface area contributed by atoms with Gasteiger partial charge in [0.25, 0.3) is 0 Å². The molecule has 7 heteroatoms. The summed E-state index contributed by atoms with van der Waals surface area (Å²) >= 11 is 0. The monoisotopic (exact) mass is 372 g/mol. The zero-order valence-electron chi connectivity index (χ0n) is 14.7. The smallest absolute Gasteiger partial charge is 0.243 e. The van der Waals surface area contributed by atoms with Crippen LogP contribution in [-0.4, -0.2) is 37.4 Å². The van der Waals surface area contributed by atoms with E-state index in [2.05, 4.69) is 4.98 Å². The molecular weight excluding hydrogens is 352 g/mol. The van der Waals surface area contributed by atoms with Gasteiger partial charge in [0.1, 0.15) is 11.4 Å². The van der Waals surface area contributed by atoms with E-state index < -0.39 is 15.8 Å². The van der Waals surface area contributed by atoms with E-state index in [1.54, 1.807) is 23.2 Å². The summed E-state index contributed by atoms with van der Waals surface area (Å²) in [6.07, 6.45) is 1.62. The number of carbonyl (C=O) groups excluding carboxylic acids is 1. The molecule has 1 aromatic carbocycles. The Morgan fingerprint density at radius 2 is 1.96 bits per heavy atom. The van der Waals surface area contributed by atoms with Crippen molar-refractivity contribution in [2.45, 2.75) is 13.8 Å². The molecule has 0 radical (unpaired) electrons. The predicted molar refractivity (Wildman–Crippen MR) is 98.2 cm³/mol. The van der Waals surface area contributed by atoms with Crippen molar-refractivity contribution in [2.75, 3.05) is 23.0 Å². The van der Waals surface area contributed by atoms with Gasteiger partial charge in [0.15, 0.2) is 9.84 Å². The number of aromatic nitrogens is 1. The molecule has 2 saturated heterocycles. The molecule has 2 aliphatic heterocycles. The van der Waals surface area contributed by atoms with Gasteiger partial charge in [0.2, 0.25) is 11.8 Å². The van der Waals surface area contributed by atoms with Crippen LogP contribution in [0.2, 0.25) is 0 Å². The molecule has 2 aromatic rings. The molecule has 0 aliphatic carbocycles. The highest BCUT2D eigenvalue weighted by Gasteiger charge is 2.50. The van der Waals surface area contributed by atoms with E-state index in [1.807, 2.05) is 32.0 Å². The number of hydrogen-bond donors (Lipinski definition) is 0. The number of ether oxygens (including phenoxy) is 1. The third-order valence-corrected chi connectivity index (χ3v) is 7.08. The van der Waals surface area contributed by atoms with Gasteiger partial charge < -0.3 is 9.64 Å². The molecule has 3 heterocycles. The molecule has 1 aromatic heterocycles. The summed E-state index contributed by atoms with van der Waals surface area (Å²) in [5.41, 5.74) is 2.71. The molecule has 0 unspecified atom stereocenters. The van der Waals surface area contributed by atoms with Gasteiger partial charge in [0, 0.05) is 18.7 Å². The first-order chi connectivity index (χ1) is 12.4. The third-order valence-electron chi connectivity index (χ3n) is 5.27. The standard InChI is InChI=1S/C19H20N2O4S/c1-12-5-3-7-17(13(12)2)25-18-16(6-4-8-20-18)21-9-14-10-26(23,24)11-15(14)19(21)22/h3-8,14-15H,9-11H2,1-2H3/t14-,15-/m0/s1. The zero-order valence-corrected chi connectivity index (χ0v) is 15.5. The van der Waals surface area contributed by atoms with E-state index in [4.69, 9.17) is 4.74 Å². The minimum Gasteiger partial charge on any atom is -0.437 e. The number of fused-ring (bicyclic) bond motifs is 1. The van der Waals surface area contributed by atoms with E-state index >= 15 is 0 Å². The van der Waals surface area contributed by atoms with Crippen LogP contribution in [0.5, 0.6) is 11.6 Å². The van der Waals surface area contributed by atoms with Crippen molar-refractivity contribution >= 4 is 21.4 Å². The minimum absolute atomic E-state index is 0.0551. The van der Waals surface area contributed by atoms with Crippen molar-refractivity contribution in [3.8, 4) is 11.6 Å². The summed E-state index contributed by atoms with van der Waals surface area (Å²) in [6.45, 7) is 4.37. The molecule has 4 rings (SSSR count). The Hall–Kier alpha value is -2.41. The molecule has 1 amide bonds. The Kier molecular flexibility index (Phi) is 3.99. The van der Waals surface area contributed by atoms with Crippen LogP contribution in [0.3, 0.4) is 0 Å². The number of sulfone groups is 1. The van der Waals surface area contributed by atoms with Crippen LogP contribution in [0.25, 0.3) is 0 Å². The average Bonchev–Trinajstić information content (AvgIpc) is 3.05. The molecule has 0 bridgehead atoms. The highest BCUT2D eigenvalue weighted by molar-refractivity contribution is 7.91. The third kappa shape index (κ3) is 2.86. The largest absolute Gasteiger partial charge is 0.437 e. The van der Waals surface area contributed by atoms with Crippen LogP contribution in [0.4, 0.5) is 5.69 Å². The van der Waals surface area contributed by atoms with E-state index in [0.29, 0.717) is 23.9 Å². The van der Waals surface area contributed by atoms with Gasteiger partial charge in [-0.2, -0.15) is 0 Å². The maximum absolute atomic E-state index is 12.8. The van der Waals surface area contributed by atoms with Gasteiger partial charge >= 0.3 is 0 Å². The highest BCUT2D eigenvalue weighted by atomic mass is 32.2. The van der Waals surface area contributed by atoms with E-state index in [-0.39, 0.29) is 23.3 Å². The van der Waals surface area contributed by atoms with Crippen LogP contribution in [0.1, 0.15) is 11.1 Å². The number of nitrogens with zero attached hydrogens (tertiary/aromatic N) is 2. The first-order valence-electron chi connectivity index (χ1n) is 8.56. The Morgan fingerprint density at radius 3 is 2.73 bits per heavy atom. The number of carbonyl (C=O) groups is 1. The number of benzene rings is 1. The fourth-order valence-electron chi connectivity index (χ4n) is 3.72. The summed E-state index contributed by atoms with van der Waals surface area (Å²) in [4.78, 5) is 18.7. The predicted octanol–water partition coefficient (Wildman–Crippen LogP) is 2.50. The lowest BCUT2D eigenvalue weighted by Crippen LogP contribution is -2.30. The fraction of sp³-hybridized carbons (Fsp3) is 0.368. The summed E-state index contributed by atoms with van der Waals surface area (Å²) < 4.78 is 29.6. The molecule has 2 fully saturated rings. The number of amides is 1. The van der Waals surface area contributed by atoms with E-state index in [0.717, 1.165) is 11.1 Å². The van der Waals surface area contributed by atoms with Gasteiger partial charge in [-0.3, -0.25) is 4.79 Å². The SMILES string of the molecule is Cc1cccc(Oc2ncccc2N2C[C@H]3CS(=O)(=O)C[C@@H]3C2=O)c1C. The normalized spacial score (nSPS) is 23.9. The zero-order chi connectivity index (χ0) is 18.5. The lowest BCUT2D eigenvalue weighted by Gasteiger charge is -2.20. The first kappa shape index (κ1) is 17.0. The Bertz CT molecular complexity index is 987. The molecule has 0 N–H and O–H groups in total. The second-order valence-electron chi connectivity index (χ2n) is 7.02. The molecular formula is C19H20N2O4S. The van der Waals surface area contributed by atoms with Crippen molar-refractivity contribution < 1.29 is 17.9 Å². The topological polar surface area (TPSA) is 76.6 Å². The van der Waals surface area contributed by atoms with E-state index in [9.17, 15) is 13.2 Å². The maximum Gasteiger partial charge on any atom is 0.243 e. The van der Waals surface area contributed by atoms with Gasteiger partial charge in [-0.15, -0.1) is 0 Å². The number of anilines is 1. The van der Waals surface area contributed by atoms with Crippen LogP contribution < -0.4 is 9.64 Å². The van der Waals surface area contributed by atoms with E-state index in [1.165, 1.54) is 0 Å². The van der Waals surface area contributed by atoms with Crippen LogP contribution in [-0.2, 0) is 14.6 Å². The van der Waals surface area contributed by atoms with Crippen molar-refractivity contribution in [1.82, 2.24) is 4.98 Å². The van der Waals surface area contributed by atoms with Gasteiger partial charge in [-0.1, -0.05) is 12.1 Å². The molecule has 6 nitrogen and oxygen atoms in total. The van der Waals surface area contributed by atoms with Crippen LogP contribution >= 0.6 is 0 Å². The lowest BCUT2D eigenvalue weighted by molar-refractivity contribution is -0.120. The summed E-state index contributed by atoms with van der Waals surface area (Å²) in [7, 11) is -3.11. The van der Waals surface area contributed by atoms with Crippen molar-refractivity contribution in [3.05, 3.63) is 47.7 Å². The molecule has 0 saturated carbocycles. The van der Waals surface area contributed by atoms with Gasteiger partial charge in [-0.25, -0.2) is 13.4 Å². The molecule has 2 atom stereocenters. The Labute approximate surface area is 152 Å². The van der Waals surface area contributed by atoms with Crippen molar-refractivity contribution in [2.24, 2.45) is 11.8 Å². The summed E-state index contributed by atoms with van der Waals surface area (Å²) in [5, 5.41) is 0. The number of hydrogen-bond acceptors (Lipinski definition) is 5. The number of pyridine rings is 1. The second kappa shape index (κ2) is 6.09. The summed E-state index contributed by atoms with van der Waals surface area (Å²) in [5.74, 6) is 0.315. The second-order valence-corrected chi connectivity index (χ2v) is 9.17.